The first-order chi connectivity index (χ1) is 14.0. The van der Waals surface area contributed by atoms with Crippen molar-refractivity contribution in [1.82, 2.24) is 19.9 Å². The Hall–Kier alpha value is -3.68. The second kappa shape index (κ2) is 7.75. The molecule has 4 rings (SSSR count). The molecule has 1 aromatic carbocycles. The van der Waals surface area contributed by atoms with Crippen LogP contribution in [0.5, 0.6) is 11.5 Å². The molecule has 29 heavy (non-hydrogen) atoms. The van der Waals surface area contributed by atoms with Gasteiger partial charge >= 0.3 is 0 Å². The topological polar surface area (TPSA) is 95.3 Å². The van der Waals surface area contributed by atoms with Crippen LogP contribution in [-0.4, -0.2) is 33.3 Å². The van der Waals surface area contributed by atoms with Gasteiger partial charge in [0.1, 0.15) is 5.56 Å². The minimum absolute atomic E-state index is 0.108. The molecule has 1 aliphatic heterocycles. The first kappa shape index (κ1) is 18.7. The molecule has 1 atom stereocenters. The van der Waals surface area contributed by atoms with Gasteiger partial charge in [0.15, 0.2) is 11.5 Å². The van der Waals surface area contributed by atoms with Crippen LogP contribution in [0.1, 0.15) is 28.5 Å². The minimum atomic E-state index is -0.418. The van der Waals surface area contributed by atoms with Crippen LogP contribution < -0.4 is 20.3 Å². The summed E-state index contributed by atoms with van der Waals surface area (Å²) >= 11 is 0. The lowest BCUT2D eigenvalue weighted by molar-refractivity contribution is 0.0937. The monoisotopic (exact) mass is 392 g/mol. The molecule has 8 nitrogen and oxygen atoms in total. The standard InChI is InChI=1S/C21H20N4O4/c1-13-5-8-25(16-3-4-17-18(10-16)29-12-28-17)21(27)19(13)20(26)24-14(2)9-15-11-22-6-7-23-15/h3-8,10-11,14H,9,12H2,1-2H3,(H,24,26). The van der Waals surface area contributed by atoms with Crippen LogP contribution in [-0.2, 0) is 6.42 Å². The fourth-order valence-electron chi connectivity index (χ4n) is 3.24. The molecular weight excluding hydrogens is 372 g/mol. The summed E-state index contributed by atoms with van der Waals surface area (Å²) in [7, 11) is 0. The summed E-state index contributed by atoms with van der Waals surface area (Å²) in [6.07, 6.45) is 7.02. The van der Waals surface area contributed by atoms with Crippen LogP contribution in [0.4, 0.5) is 0 Å². The summed E-state index contributed by atoms with van der Waals surface area (Å²) in [4.78, 5) is 34.2. The summed E-state index contributed by atoms with van der Waals surface area (Å²) in [5.74, 6) is 0.780. The predicted octanol–water partition coefficient (Wildman–Crippen LogP) is 2.03. The number of hydrogen-bond acceptors (Lipinski definition) is 6. The zero-order chi connectivity index (χ0) is 20.4. The summed E-state index contributed by atoms with van der Waals surface area (Å²) in [5.41, 5.74) is 1.68. The van der Waals surface area contributed by atoms with Gasteiger partial charge in [-0.3, -0.25) is 24.1 Å². The van der Waals surface area contributed by atoms with Crippen LogP contribution in [0.2, 0.25) is 0 Å². The highest BCUT2D eigenvalue weighted by molar-refractivity contribution is 5.95. The molecular formula is C21H20N4O4. The Morgan fingerprint density at radius 3 is 2.86 bits per heavy atom. The Morgan fingerprint density at radius 1 is 1.24 bits per heavy atom. The Balaban J connectivity index is 1.59. The van der Waals surface area contributed by atoms with E-state index < -0.39 is 11.5 Å². The molecule has 1 aliphatic rings. The number of aromatic nitrogens is 3. The number of nitrogens with zero attached hydrogens (tertiary/aromatic N) is 3. The molecule has 3 aromatic rings. The largest absolute Gasteiger partial charge is 0.454 e. The number of carbonyl (C=O) groups is 1. The van der Waals surface area contributed by atoms with Crippen LogP contribution >= 0.6 is 0 Å². The Kier molecular flexibility index (Phi) is 4.99. The van der Waals surface area contributed by atoms with Crippen molar-refractivity contribution in [2.45, 2.75) is 26.3 Å². The fourth-order valence-corrected chi connectivity index (χ4v) is 3.24. The summed E-state index contributed by atoms with van der Waals surface area (Å²) in [5, 5.41) is 2.88. The molecule has 0 bridgehead atoms. The number of carbonyl (C=O) groups excluding carboxylic acids is 1. The lowest BCUT2D eigenvalue weighted by atomic mass is 10.1. The minimum Gasteiger partial charge on any atom is -0.454 e. The first-order valence-electron chi connectivity index (χ1n) is 9.21. The van der Waals surface area contributed by atoms with Crippen molar-refractivity contribution in [3.8, 4) is 17.2 Å². The van der Waals surface area contributed by atoms with Crippen LogP contribution in [0.3, 0.4) is 0 Å². The van der Waals surface area contributed by atoms with Gasteiger partial charge in [-0.1, -0.05) is 0 Å². The number of rotatable bonds is 5. The average Bonchev–Trinajstić information content (AvgIpc) is 3.16. The van der Waals surface area contributed by atoms with Crippen LogP contribution in [0, 0.1) is 6.92 Å². The molecule has 3 heterocycles. The predicted molar refractivity (Wildman–Crippen MR) is 106 cm³/mol. The quantitative estimate of drug-likeness (QED) is 0.714. The second-order valence-electron chi connectivity index (χ2n) is 6.86. The number of pyridine rings is 1. The molecule has 1 amide bonds. The van der Waals surface area contributed by atoms with E-state index in [4.69, 9.17) is 9.47 Å². The molecule has 0 fully saturated rings. The summed E-state index contributed by atoms with van der Waals surface area (Å²) < 4.78 is 12.1. The SMILES string of the molecule is Cc1ccn(-c2ccc3c(c2)OCO3)c(=O)c1C(=O)NC(C)Cc1cnccn1. The van der Waals surface area contributed by atoms with E-state index in [2.05, 4.69) is 15.3 Å². The van der Waals surface area contributed by atoms with Gasteiger partial charge in [-0.2, -0.15) is 0 Å². The smallest absolute Gasteiger partial charge is 0.268 e. The lowest BCUT2D eigenvalue weighted by Gasteiger charge is -2.15. The van der Waals surface area contributed by atoms with Gasteiger partial charge in [-0.05, 0) is 37.6 Å². The van der Waals surface area contributed by atoms with Gasteiger partial charge in [-0.25, -0.2) is 0 Å². The van der Waals surface area contributed by atoms with Crippen LogP contribution in [0.25, 0.3) is 5.69 Å². The van der Waals surface area contributed by atoms with E-state index >= 15 is 0 Å². The van der Waals surface area contributed by atoms with E-state index in [0.717, 1.165) is 5.69 Å². The third-order valence-corrected chi connectivity index (χ3v) is 4.67. The normalized spacial score (nSPS) is 13.2. The average molecular weight is 392 g/mol. The number of benzene rings is 1. The highest BCUT2D eigenvalue weighted by atomic mass is 16.7. The van der Waals surface area contributed by atoms with Gasteiger partial charge < -0.3 is 14.8 Å². The summed E-state index contributed by atoms with van der Waals surface area (Å²) in [6, 6.07) is 6.75. The highest BCUT2D eigenvalue weighted by Gasteiger charge is 2.20. The Bertz CT molecular complexity index is 1110. The number of amides is 1. The molecule has 0 saturated carbocycles. The second-order valence-corrected chi connectivity index (χ2v) is 6.86. The van der Waals surface area contributed by atoms with E-state index in [1.165, 1.54) is 4.57 Å². The van der Waals surface area contributed by atoms with Gasteiger partial charge in [0.2, 0.25) is 6.79 Å². The molecule has 8 heteroatoms. The number of fused-ring (bicyclic) bond motifs is 1. The van der Waals surface area contributed by atoms with Crippen molar-refractivity contribution < 1.29 is 14.3 Å². The number of hydrogen-bond donors (Lipinski definition) is 1. The Labute approximate surface area is 167 Å². The number of aryl methyl sites for hydroxylation is 1. The maximum atomic E-state index is 13.1. The fraction of sp³-hybridized carbons (Fsp3) is 0.238. The lowest BCUT2D eigenvalue weighted by Crippen LogP contribution is -2.39. The van der Waals surface area contributed by atoms with Crippen LogP contribution in [0.15, 0.2) is 53.8 Å². The van der Waals surface area contributed by atoms with Crippen molar-refractivity contribution in [2.24, 2.45) is 0 Å². The maximum absolute atomic E-state index is 13.1. The molecule has 0 saturated heterocycles. The third-order valence-electron chi connectivity index (χ3n) is 4.67. The number of nitrogens with one attached hydrogen (secondary N) is 1. The van der Waals surface area contributed by atoms with Crippen molar-refractivity contribution in [3.05, 3.63) is 76.2 Å². The van der Waals surface area contributed by atoms with E-state index in [9.17, 15) is 9.59 Å². The first-order valence-corrected chi connectivity index (χ1v) is 9.21. The Morgan fingerprint density at radius 2 is 2.07 bits per heavy atom. The van der Waals surface area contributed by atoms with Gasteiger partial charge in [0.05, 0.1) is 11.4 Å². The summed E-state index contributed by atoms with van der Waals surface area (Å²) in [6.45, 7) is 3.76. The van der Waals surface area contributed by atoms with E-state index in [1.807, 2.05) is 6.92 Å². The van der Waals surface area contributed by atoms with Gasteiger partial charge in [0.25, 0.3) is 11.5 Å². The third kappa shape index (κ3) is 3.82. The van der Waals surface area contributed by atoms with E-state index in [0.29, 0.717) is 29.2 Å². The molecule has 1 unspecified atom stereocenters. The zero-order valence-corrected chi connectivity index (χ0v) is 16.1. The van der Waals surface area contributed by atoms with Crippen molar-refractivity contribution in [3.63, 3.8) is 0 Å². The molecule has 1 N–H and O–H groups in total. The van der Waals surface area contributed by atoms with Gasteiger partial charge in [0, 0.05) is 43.3 Å². The molecule has 0 aliphatic carbocycles. The van der Waals surface area contributed by atoms with Gasteiger partial charge in [-0.15, -0.1) is 0 Å². The molecule has 2 aromatic heterocycles. The van der Waals surface area contributed by atoms with Crippen molar-refractivity contribution >= 4 is 5.91 Å². The molecule has 148 valence electrons. The maximum Gasteiger partial charge on any atom is 0.268 e. The van der Waals surface area contributed by atoms with Crippen molar-refractivity contribution in [1.29, 1.82) is 0 Å². The molecule has 0 radical (unpaired) electrons. The highest BCUT2D eigenvalue weighted by Crippen LogP contribution is 2.33. The van der Waals surface area contributed by atoms with E-state index in [-0.39, 0.29) is 18.4 Å². The number of ether oxygens (including phenoxy) is 2. The van der Waals surface area contributed by atoms with E-state index in [1.54, 1.807) is 56.0 Å². The zero-order valence-electron chi connectivity index (χ0n) is 16.1. The molecule has 0 spiro atoms. The van der Waals surface area contributed by atoms with Crippen molar-refractivity contribution in [2.75, 3.05) is 6.79 Å².